The van der Waals surface area contributed by atoms with Gasteiger partial charge in [0, 0.05) is 10.2 Å². The summed E-state index contributed by atoms with van der Waals surface area (Å²) in [5.41, 5.74) is 0.638. The van der Waals surface area contributed by atoms with E-state index in [1.165, 1.54) is 13.2 Å². The number of rotatable bonds is 5. The summed E-state index contributed by atoms with van der Waals surface area (Å²) in [6.45, 7) is 5.13. The van der Waals surface area contributed by atoms with Crippen LogP contribution in [0.25, 0.3) is 6.08 Å². The fourth-order valence-electron chi connectivity index (χ4n) is 2.37. The fraction of sp³-hybridized carbons (Fsp3) is 0.227. The second-order valence-corrected chi connectivity index (χ2v) is 8.70. The van der Waals surface area contributed by atoms with Gasteiger partial charge in [0.2, 0.25) is 0 Å². The van der Waals surface area contributed by atoms with Crippen LogP contribution in [0, 0.1) is 0 Å². The van der Waals surface area contributed by atoms with E-state index in [4.69, 9.17) is 21.1 Å². The van der Waals surface area contributed by atoms with Crippen molar-refractivity contribution >= 4 is 57.3 Å². The number of ether oxygens (including phenoxy) is 2. The van der Waals surface area contributed by atoms with Crippen molar-refractivity contribution in [3.05, 3.63) is 68.8 Å². The van der Waals surface area contributed by atoms with Crippen LogP contribution in [0.4, 0.5) is 10.5 Å². The van der Waals surface area contributed by atoms with E-state index in [0.29, 0.717) is 21.8 Å². The molecule has 0 bridgehead atoms. The smallest absolute Gasteiger partial charge is 0.412 e. The third kappa shape index (κ3) is 7.73. The predicted molar refractivity (Wildman–Crippen MR) is 123 cm³/mol. The molecule has 0 radical (unpaired) electrons. The number of nitrogens with one attached hydrogen (secondary N) is 2. The van der Waals surface area contributed by atoms with Gasteiger partial charge in [-0.05, 0) is 62.7 Å². The van der Waals surface area contributed by atoms with Crippen LogP contribution in [0.5, 0.6) is 0 Å². The summed E-state index contributed by atoms with van der Waals surface area (Å²) >= 11 is 9.40. The van der Waals surface area contributed by atoms with Crippen LogP contribution in [-0.4, -0.2) is 30.7 Å². The molecule has 0 fully saturated rings. The van der Waals surface area contributed by atoms with Crippen LogP contribution in [0.2, 0.25) is 5.02 Å². The van der Waals surface area contributed by atoms with Gasteiger partial charge in [-0.2, -0.15) is 0 Å². The topological polar surface area (TPSA) is 93.7 Å². The number of methoxy groups -OCH3 is 1. The van der Waals surface area contributed by atoms with Crippen molar-refractivity contribution in [3.63, 3.8) is 0 Å². The van der Waals surface area contributed by atoms with Crippen molar-refractivity contribution in [3.8, 4) is 0 Å². The number of hydrogen-bond donors (Lipinski definition) is 2. The molecule has 0 aliphatic heterocycles. The van der Waals surface area contributed by atoms with Crippen LogP contribution in [0.15, 0.2) is 52.6 Å². The van der Waals surface area contributed by atoms with Gasteiger partial charge in [0.15, 0.2) is 0 Å². The number of amides is 2. The number of anilines is 1. The second kappa shape index (κ2) is 10.5. The Hall–Kier alpha value is -2.84. The Morgan fingerprint density at radius 3 is 2.29 bits per heavy atom. The van der Waals surface area contributed by atoms with E-state index in [2.05, 4.69) is 26.6 Å². The fourth-order valence-corrected chi connectivity index (χ4v) is 2.93. The average Bonchev–Trinajstić information content (AvgIpc) is 2.68. The molecule has 0 saturated carbocycles. The van der Waals surface area contributed by atoms with E-state index < -0.39 is 17.7 Å². The van der Waals surface area contributed by atoms with Gasteiger partial charge in [-0.1, -0.05) is 39.7 Å². The zero-order valence-electron chi connectivity index (χ0n) is 17.4. The van der Waals surface area contributed by atoms with E-state index in [1.54, 1.807) is 63.2 Å². The molecule has 2 aromatic rings. The lowest BCUT2D eigenvalue weighted by atomic mass is 10.1. The van der Waals surface area contributed by atoms with Crippen molar-refractivity contribution < 1.29 is 23.9 Å². The largest absolute Gasteiger partial charge is 0.464 e. The molecule has 0 aliphatic carbocycles. The van der Waals surface area contributed by atoms with Gasteiger partial charge in [-0.3, -0.25) is 10.1 Å². The molecule has 7 nitrogen and oxygen atoms in total. The molecule has 2 aromatic carbocycles. The lowest BCUT2D eigenvalue weighted by molar-refractivity contribution is -0.136. The molecule has 0 spiro atoms. The molecule has 164 valence electrons. The number of carbonyl (C=O) groups excluding carboxylic acids is 3. The van der Waals surface area contributed by atoms with Crippen molar-refractivity contribution in [1.29, 1.82) is 0 Å². The van der Waals surface area contributed by atoms with Gasteiger partial charge >= 0.3 is 12.1 Å². The SMILES string of the molecule is COC(=O)/C(=C/c1ccc(NC(=O)c2cc(Br)ccc2Cl)cc1)NC(=O)OC(C)(C)C. The molecule has 0 saturated heterocycles. The second-order valence-electron chi connectivity index (χ2n) is 7.38. The van der Waals surface area contributed by atoms with E-state index in [0.717, 1.165) is 4.47 Å². The molecule has 0 aliphatic rings. The summed E-state index contributed by atoms with van der Waals surface area (Å²) in [5, 5.41) is 5.47. The molecule has 2 rings (SSSR count). The molecule has 0 heterocycles. The highest BCUT2D eigenvalue weighted by atomic mass is 79.9. The summed E-state index contributed by atoms with van der Waals surface area (Å²) in [4.78, 5) is 36.5. The Bertz CT molecular complexity index is 1010. The van der Waals surface area contributed by atoms with Crippen LogP contribution in [0.3, 0.4) is 0 Å². The highest BCUT2D eigenvalue weighted by Crippen LogP contribution is 2.22. The summed E-state index contributed by atoms with van der Waals surface area (Å²) < 4.78 is 10.6. The van der Waals surface area contributed by atoms with E-state index in [9.17, 15) is 14.4 Å². The first-order valence-corrected chi connectivity index (χ1v) is 10.3. The molecule has 0 unspecified atom stereocenters. The lowest BCUT2D eigenvalue weighted by Crippen LogP contribution is -2.34. The van der Waals surface area contributed by atoms with E-state index in [1.807, 2.05) is 0 Å². The predicted octanol–water partition coefficient (Wildman–Crippen LogP) is 5.39. The third-order valence-corrected chi connectivity index (χ3v) is 4.52. The van der Waals surface area contributed by atoms with Crippen LogP contribution in [-0.2, 0) is 14.3 Å². The number of carbonyl (C=O) groups is 3. The van der Waals surface area contributed by atoms with Crippen molar-refractivity contribution in [2.24, 2.45) is 0 Å². The summed E-state index contributed by atoms with van der Waals surface area (Å²) in [6.07, 6.45) is 0.658. The van der Waals surface area contributed by atoms with Crippen LogP contribution < -0.4 is 10.6 Å². The maximum absolute atomic E-state index is 12.5. The molecular weight excluding hydrogens is 488 g/mol. The molecule has 9 heteroatoms. The minimum Gasteiger partial charge on any atom is -0.464 e. The maximum Gasteiger partial charge on any atom is 0.412 e. The normalized spacial score (nSPS) is 11.5. The van der Waals surface area contributed by atoms with Crippen molar-refractivity contribution in [1.82, 2.24) is 5.32 Å². The Balaban J connectivity index is 2.16. The maximum atomic E-state index is 12.5. The molecule has 2 N–H and O–H groups in total. The molecular formula is C22H22BrClN2O5. The number of esters is 1. The van der Waals surface area contributed by atoms with Gasteiger partial charge in [0.1, 0.15) is 11.3 Å². The lowest BCUT2D eigenvalue weighted by Gasteiger charge is -2.20. The standard InChI is InChI=1S/C22H22BrClN2O5/c1-22(2,3)31-21(29)26-18(20(28)30-4)11-13-5-8-15(9-6-13)25-19(27)16-12-14(23)7-10-17(16)24/h5-12H,1-4H3,(H,25,27)(H,26,29)/b18-11-. The van der Waals surface area contributed by atoms with Crippen molar-refractivity contribution in [2.75, 3.05) is 12.4 Å². The highest BCUT2D eigenvalue weighted by molar-refractivity contribution is 9.10. The Labute approximate surface area is 193 Å². The average molecular weight is 510 g/mol. The van der Waals surface area contributed by atoms with Gasteiger partial charge < -0.3 is 14.8 Å². The monoisotopic (exact) mass is 508 g/mol. The number of alkyl carbamates (subject to hydrolysis) is 1. The van der Waals surface area contributed by atoms with Crippen molar-refractivity contribution in [2.45, 2.75) is 26.4 Å². The quantitative estimate of drug-likeness (QED) is 0.416. The van der Waals surface area contributed by atoms with Gasteiger partial charge in [0.05, 0.1) is 17.7 Å². The third-order valence-electron chi connectivity index (χ3n) is 3.69. The Morgan fingerprint density at radius 1 is 1.06 bits per heavy atom. The van der Waals surface area contributed by atoms with Gasteiger partial charge in [-0.25, -0.2) is 9.59 Å². The van der Waals surface area contributed by atoms with Gasteiger partial charge in [0.25, 0.3) is 5.91 Å². The Kier molecular flexibility index (Phi) is 8.24. The minimum absolute atomic E-state index is 0.0885. The number of hydrogen-bond acceptors (Lipinski definition) is 5. The highest BCUT2D eigenvalue weighted by Gasteiger charge is 2.20. The molecule has 2 amide bonds. The van der Waals surface area contributed by atoms with Gasteiger partial charge in [-0.15, -0.1) is 0 Å². The zero-order chi connectivity index (χ0) is 23.2. The Morgan fingerprint density at radius 2 is 1.71 bits per heavy atom. The van der Waals surface area contributed by atoms with Crippen LogP contribution >= 0.6 is 27.5 Å². The summed E-state index contributed by atoms with van der Waals surface area (Å²) in [7, 11) is 1.21. The zero-order valence-corrected chi connectivity index (χ0v) is 19.8. The van der Waals surface area contributed by atoms with E-state index in [-0.39, 0.29) is 11.6 Å². The first kappa shape index (κ1) is 24.4. The number of benzene rings is 2. The summed E-state index contributed by atoms with van der Waals surface area (Å²) in [5.74, 6) is -1.09. The molecule has 31 heavy (non-hydrogen) atoms. The first-order valence-electron chi connectivity index (χ1n) is 9.15. The van der Waals surface area contributed by atoms with E-state index >= 15 is 0 Å². The molecule has 0 aromatic heterocycles. The summed E-state index contributed by atoms with van der Waals surface area (Å²) in [6, 6.07) is 11.6. The molecule has 0 atom stereocenters. The van der Waals surface area contributed by atoms with Crippen LogP contribution in [0.1, 0.15) is 36.7 Å². The first-order chi connectivity index (χ1) is 14.5. The number of halogens is 2. The minimum atomic E-state index is -0.779.